The van der Waals surface area contributed by atoms with E-state index in [1.165, 1.54) is 44.9 Å². The highest BCUT2D eigenvalue weighted by atomic mass is 14.3. The molecule has 0 nitrogen and oxygen atoms in total. The van der Waals surface area contributed by atoms with Gasteiger partial charge in [0, 0.05) is 0 Å². The Bertz CT molecular complexity index is 159. The van der Waals surface area contributed by atoms with Gasteiger partial charge in [-0.05, 0) is 23.7 Å². The molecule has 3 unspecified atom stereocenters. The molecule has 0 fully saturated rings. The minimum absolute atomic E-state index is 0.845. The summed E-state index contributed by atoms with van der Waals surface area (Å²) in [4.78, 5) is 0. The maximum absolute atomic E-state index is 2.49. The average Bonchev–Trinajstić information content (AvgIpc) is 2.24. The fourth-order valence-electron chi connectivity index (χ4n) is 3.61. The van der Waals surface area contributed by atoms with E-state index in [9.17, 15) is 0 Å². The molecule has 0 saturated carbocycles. The summed E-state index contributed by atoms with van der Waals surface area (Å²) in [5, 5.41) is 0. The van der Waals surface area contributed by atoms with Crippen molar-refractivity contribution in [3.8, 4) is 0 Å². The number of unbranched alkanes of at least 4 members (excludes halogenated alkanes) is 3. The third-order valence-corrected chi connectivity index (χ3v) is 4.34. The minimum atomic E-state index is 0.845. The first-order valence-electron chi connectivity index (χ1n) is 8.04. The topological polar surface area (TPSA) is 0 Å². The van der Waals surface area contributed by atoms with Gasteiger partial charge in [-0.1, -0.05) is 86.5 Å². The van der Waals surface area contributed by atoms with E-state index in [-0.39, 0.29) is 0 Å². The molecular formula is C17H36. The molecule has 0 aliphatic rings. The molecule has 0 aromatic heterocycles. The largest absolute Gasteiger partial charge is 0.0654 e. The molecule has 0 aliphatic heterocycles. The van der Waals surface area contributed by atoms with E-state index in [2.05, 4.69) is 41.5 Å². The van der Waals surface area contributed by atoms with Crippen molar-refractivity contribution in [3.05, 3.63) is 0 Å². The quantitative estimate of drug-likeness (QED) is 0.393. The predicted molar refractivity (Wildman–Crippen MR) is 80.3 cm³/mol. The summed E-state index contributed by atoms with van der Waals surface area (Å²) in [7, 11) is 0. The monoisotopic (exact) mass is 240 g/mol. The van der Waals surface area contributed by atoms with E-state index in [0.717, 1.165) is 23.7 Å². The van der Waals surface area contributed by atoms with Gasteiger partial charge >= 0.3 is 0 Å². The Morgan fingerprint density at radius 3 is 1.71 bits per heavy atom. The molecule has 3 atom stereocenters. The lowest BCUT2D eigenvalue weighted by Crippen LogP contribution is -2.25. The number of hydrogen-bond donors (Lipinski definition) is 0. The van der Waals surface area contributed by atoms with E-state index in [4.69, 9.17) is 0 Å². The molecular weight excluding hydrogens is 204 g/mol. The van der Waals surface area contributed by atoms with Crippen LogP contribution in [-0.2, 0) is 0 Å². The molecule has 0 radical (unpaired) electrons. The van der Waals surface area contributed by atoms with Crippen LogP contribution in [0.3, 0.4) is 0 Å². The second kappa shape index (κ2) is 9.97. The Morgan fingerprint density at radius 2 is 1.24 bits per heavy atom. The zero-order valence-corrected chi connectivity index (χ0v) is 13.3. The molecule has 0 bridgehead atoms. The molecule has 0 N–H and O–H groups in total. The Morgan fingerprint density at radius 1 is 0.647 bits per heavy atom. The molecule has 0 heterocycles. The Labute approximate surface area is 111 Å². The molecule has 0 saturated heterocycles. The van der Waals surface area contributed by atoms with Gasteiger partial charge in [-0.15, -0.1) is 0 Å². The van der Waals surface area contributed by atoms with Crippen molar-refractivity contribution in [2.24, 2.45) is 23.7 Å². The van der Waals surface area contributed by atoms with Crippen LogP contribution in [0, 0.1) is 23.7 Å². The maximum Gasteiger partial charge on any atom is -0.0340 e. The van der Waals surface area contributed by atoms with Gasteiger partial charge < -0.3 is 0 Å². The normalized spacial score (nSPS) is 17.1. The second-order valence-electron chi connectivity index (χ2n) is 6.41. The van der Waals surface area contributed by atoms with Crippen LogP contribution in [0.15, 0.2) is 0 Å². The summed E-state index contributed by atoms with van der Waals surface area (Å²) in [5.74, 6) is 3.59. The smallest absolute Gasteiger partial charge is 0.0340 e. The van der Waals surface area contributed by atoms with Gasteiger partial charge in [0.15, 0.2) is 0 Å². The highest BCUT2D eigenvalue weighted by Crippen LogP contribution is 2.34. The fraction of sp³-hybridized carbons (Fsp3) is 1.00. The van der Waals surface area contributed by atoms with Crippen LogP contribution < -0.4 is 0 Å². The molecule has 104 valence electrons. The highest BCUT2D eigenvalue weighted by Gasteiger charge is 2.25. The van der Waals surface area contributed by atoms with Crippen molar-refractivity contribution >= 4 is 0 Å². The van der Waals surface area contributed by atoms with Crippen LogP contribution in [0.4, 0.5) is 0 Å². The first kappa shape index (κ1) is 17.0. The van der Waals surface area contributed by atoms with Crippen LogP contribution in [0.1, 0.15) is 86.5 Å². The van der Waals surface area contributed by atoms with Crippen LogP contribution in [-0.4, -0.2) is 0 Å². The first-order valence-corrected chi connectivity index (χ1v) is 8.04. The van der Waals surface area contributed by atoms with Crippen LogP contribution in [0.25, 0.3) is 0 Å². The summed E-state index contributed by atoms with van der Waals surface area (Å²) < 4.78 is 0. The van der Waals surface area contributed by atoms with Gasteiger partial charge in [0.1, 0.15) is 0 Å². The summed E-state index contributed by atoms with van der Waals surface area (Å²) in [6, 6.07) is 0. The van der Waals surface area contributed by atoms with Gasteiger partial charge in [0.25, 0.3) is 0 Å². The first-order chi connectivity index (χ1) is 8.04. The van der Waals surface area contributed by atoms with Crippen molar-refractivity contribution in [2.45, 2.75) is 86.5 Å². The van der Waals surface area contributed by atoms with Gasteiger partial charge in [0.05, 0.1) is 0 Å². The van der Waals surface area contributed by atoms with Gasteiger partial charge in [0.2, 0.25) is 0 Å². The van der Waals surface area contributed by atoms with E-state index in [1.54, 1.807) is 0 Å². The molecule has 0 amide bonds. The lowest BCUT2D eigenvalue weighted by molar-refractivity contribution is 0.167. The summed E-state index contributed by atoms with van der Waals surface area (Å²) >= 11 is 0. The van der Waals surface area contributed by atoms with Crippen molar-refractivity contribution in [2.75, 3.05) is 0 Å². The standard InChI is InChI=1S/C17H36/c1-7-9-10-11-13-16(6)17(14(3)4)15(5)12-8-2/h14-17H,7-13H2,1-6H3. The van der Waals surface area contributed by atoms with Crippen molar-refractivity contribution < 1.29 is 0 Å². The molecule has 0 heteroatoms. The lowest BCUT2D eigenvalue weighted by Gasteiger charge is -2.33. The Hall–Kier alpha value is 0. The molecule has 17 heavy (non-hydrogen) atoms. The SMILES string of the molecule is CCCCCCC(C)C(C(C)C)C(C)CCC. The fourth-order valence-corrected chi connectivity index (χ4v) is 3.61. The van der Waals surface area contributed by atoms with E-state index in [0.29, 0.717) is 0 Å². The Kier molecular flexibility index (Phi) is 9.97. The molecule has 0 rings (SSSR count). The minimum Gasteiger partial charge on any atom is -0.0654 e. The van der Waals surface area contributed by atoms with Crippen molar-refractivity contribution in [1.82, 2.24) is 0 Å². The van der Waals surface area contributed by atoms with Crippen molar-refractivity contribution in [3.63, 3.8) is 0 Å². The average molecular weight is 240 g/mol. The number of rotatable bonds is 10. The Balaban J connectivity index is 4.10. The second-order valence-corrected chi connectivity index (χ2v) is 6.41. The van der Waals surface area contributed by atoms with E-state index >= 15 is 0 Å². The van der Waals surface area contributed by atoms with Crippen LogP contribution in [0.2, 0.25) is 0 Å². The van der Waals surface area contributed by atoms with E-state index < -0.39 is 0 Å². The summed E-state index contributed by atoms with van der Waals surface area (Å²) in [6.45, 7) is 14.4. The molecule has 0 spiro atoms. The van der Waals surface area contributed by atoms with Gasteiger partial charge in [-0.3, -0.25) is 0 Å². The molecule has 0 aliphatic carbocycles. The summed E-state index contributed by atoms with van der Waals surface area (Å²) in [6.07, 6.45) is 9.84. The third kappa shape index (κ3) is 7.11. The van der Waals surface area contributed by atoms with Crippen LogP contribution in [0.5, 0.6) is 0 Å². The zero-order chi connectivity index (χ0) is 13.3. The predicted octanol–water partition coefficient (Wildman–Crippen LogP) is 6.30. The summed E-state index contributed by atoms with van der Waals surface area (Å²) in [5.41, 5.74) is 0. The number of hydrogen-bond acceptors (Lipinski definition) is 0. The zero-order valence-electron chi connectivity index (χ0n) is 13.3. The van der Waals surface area contributed by atoms with E-state index in [1.807, 2.05) is 0 Å². The van der Waals surface area contributed by atoms with Gasteiger partial charge in [-0.25, -0.2) is 0 Å². The molecule has 0 aromatic rings. The lowest BCUT2D eigenvalue weighted by atomic mass is 9.73. The molecule has 0 aromatic carbocycles. The van der Waals surface area contributed by atoms with Gasteiger partial charge in [-0.2, -0.15) is 0 Å². The highest BCUT2D eigenvalue weighted by molar-refractivity contribution is 4.75. The third-order valence-electron chi connectivity index (χ3n) is 4.34. The van der Waals surface area contributed by atoms with Crippen LogP contribution >= 0.6 is 0 Å². The van der Waals surface area contributed by atoms with Crippen molar-refractivity contribution in [1.29, 1.82) is 0 Å². The maximum atomic E-state index is 2.49.